The summed E-state index contributed by atoms with van der Waals surface area (Å²) in [5, 5.41) is 35.1. The van der Waals surface area contributed by atoms with Crippen LogP contribution in [0.5, 0.6) is 11.5 Å². The zero-order chi connectivity index (χ0) is 40.5. The van der Waals surface area contributed by atoms with Crippen LogP contribution in [0.25, 0.3) is 5.57 Å². The van der Waals surface area contributed by atoms with E-state index < -0.39 is 68.0 Å². The lowest BCUT2D eigenvalue weighted by atomic mass is 9.44. The molecule has 0 unspecified atom stereocenters. The maximum Gasteiger partial charge on any atom is 0.301 e. The predicted molar refractivity (Wildman–Crippen MR) is 208 cm³/mol. The molecule has 0 spiro atoms. The number of methoxy groups -OCH3 is 1. The first-order valence-corrected chi connectivity index (χ1v) is 18.3. The smallest absolute Gasteiger partial charge is 0.301 e. The third-order valence-electron chi connectivity index (χ3n) is 12.1. The number of Topliss-reactive ketones (excluding diaryl/α,β-unsaturated/α-hetero) is 1. The number of carbonyl (C=O) groups excluding carboxylic acids is 4. The van der Waals surface area contributed by atoms with Crippen molar-refractivity contribution >= 4 is 51.7 Å². The summed E-state index contributed by atoms with van der Waals surface area (Å²) in [6.45, 7) is 0. The minimum Gasteiger partial charge on any atom is -0.508 e. The van der Waals surface area contributed by atoms with Crippen LogP contribution in [-0.4, -0.2) is 59.5 Å². The van der Waals surface area contributed by atoms with Crippen molar-refractivity contribution in [3.8, 4) is 11.5 Å². The Balaban J connectivity index is 1.35. The lowest BCUT2D eigenvalue weighted by molar-refractivity contribution is -0.392. The van der Waals surface area contributed by atoms with Gasteiger partial charge in [-0.05, 0) is 42.0 Å². The third-order valence-corrected chi connectivity index (χ3v) is 12.1. The quantitative estimate of drug-likeness (QED) is 0.0915. The van der Waals surface area contributed by atoms with E-state index in [1.807, 2.05) is 6.08 Å². The Morgan fingerprint density at radius 2 is 1.47 bits per heavy atom. The van der Waals surface area contributed by atoms with Gasteiger partial charge in [-0.2, -0.15) is 0 Å². The number of anilines is 2. The second-order valence-corrected chi connectivity index (χ2v) is 15.0. The van der Waals surface area contributed by atoms with Gasteiger partial charge in [-0.15, -0.1) is 0 Å². The van der Waals surface area contributed by atoms with Crippen LogP contribution < -0.4 is 14.5 Å². The van der Waals surface area contributed by atoms with Crippen LogP contribution in [0.3, 0.4) is 0 Å². The summed E-state index contributed by atoms with van der Waals surface area (Å²) in [6, 6.07) is 24.3. The Morgan fingerprint density at radius 3 is 2.07 bits per heavy atom. The van der Waals surface area contributed by atoms with Crippen LogP contribution in [0.15, 0.2) is 109 Å². The van der Waals surface area contributed by atoms with E-state index >= 15 is 9.59 Å². The van der Waals surface area contributed by atoms with Crippen molar-refractivity contribution in [1.82, 2.24) is 0 Å². The van der Waals surface area contributed by atoms with E-state index in [-0.39, 0.29) is 52.9 Å². The average molecular weight is 769 g/mol. The molecule has 1 aliphatic heterocycles. The average Bonchev–Trinajstić information content (AvgIpc) is 3.47. The highest BCUT2D eigenvalue weighted by atomic mass is 16.6. The van der Waals surface area contributed by atoms with Gasteiger partial charge in [0.05, 0.1) is 39.9 Å². The Kier molecular flexibility index (Phi) is 8.86. The van der Waals surface area contributed by atoms with E-state index in [4.69, 9.17) is 4.74 Å². The highest BCUT2D eigenvalue weighted by Gasteiger charge is 2.66. The number of rotatable bonds is 8. The van der Waals surface area contributed by atoms with Gasteiger partial charge in [0, 0.05) is 55.3 Å². The summed E-state index contributed by atoms with van der Waals surface area (Å²) in [5.74, 6) is -6.77. The molecule has 0 radical (unpaired) electrons. The number of fused-ring (bicyclic) bond motifs is 4. The number of imide groups is 1. The number of phenolic OH excluding ortho intramolecular Hbond substituents is 1. The van der Waals surface area contributed by atoms with Crippen LogP contribution in [-0.2, 0) is 24.6 Å². The predicted octanol–water partition coefficient (Wildman–Crippen LogP) is 6.31. The first kappa shape index (κ1) is 37.0. The highest BCUT2D eigenvalue weighted by molar-refractivity contribution is 6.32. The van der Waals surface area contributed by atoms with Crippen LogP contribution in [0.1, 0.15) is 35.4 Å². The molecular formula is C43H36N4O10. The van der Waals surface area contributed by atoms with Crippen molar-refractivity contribution in [2.24, 2.45) is 23.7 Å². The summed E-state index contributed by atoms with van der Waals surface area (Å²) in [6.07, 6.45) is 3.26. The number of amides is 2. The van der Waals surface area contributed by atoms with E-state index in [9.17, 15) is 34.9 Å². The fraction of sp³-hybridized carbons (Fsp3) is 0.256. The number of benzene rings is 4. The standard InChI is InChI=1S/C43H36N4O10/c1-44(2)39-33(46(53)54)18-25(19-34(39)47(55)56)45-41(51)29-17-16-27-31(37(29)42(45)52)21-32-40(50)30(23-10-6-4-7-11-23)22-36(49)43(32,24-12-8-5-9-13-24)38(27)28-15-14-26(48)20-35(28)57-3/h4-16,18-20,22,29,31-32,37-38,48H,17,21H2,1-3H3/t29-,31+,32-,37-,38+,43-/m0/s1. The third kappa shape index (κ3) is 5.46. The minimum atomic E-state index is -1.55. The molecule has 4 aliphatic rings. The van der Waals surface area contributed by atoms with Gasteiger partial charge in [-0.1, -0.05) is 78.4 Å². The van der Waals surface area contributed by atoms with Gasteiger partial charge in [-0.3, -0.25) is 39.4 Å². The number of hydrogen-bond acceptors (Lipinski definition) is 11. The van der Waals surface area contributed by atoms with Crippen molar-refractivity contribution in [3.63, 3.8) is 0 Å². The van der Waals surface area contributed by atoms with Crippen molar-refractivity contribution < 1.29 is 38.9 Å². The van der Waals surface area contributed by atoms with Crippen molar-refractivity contribution in [1.29, 1.82) is 0 Å². The molecule has 288 valence electrons. The number of hydrogen-bond donors (Lipinski definition) is 1. The number of ether oxygens (including phenoxy) is 1. The van der Waals surface area contributed by atoms with E-state index in [1.54, 1.807) is 66.7 Å². The zero-order valence-corrected chi connectivity index (χ0v) is 31.0. The largest absolute Gasteiger partial charge is 0.508 e. The van der Waals surface area contributed by atoms with Crippen LogP contribution in [0, 0.1) is 43.9 Å². The van der Waals surface area contributed by atoms with Crippen LogP contribution in [0.4, 0.5) is 22.7 Å². The Bertz CT molecular complexity index is 2440. The number of ketones is 2. The first-order valence-electron chi connectivity index (χ1n) is 18.3. The molecule has 14 nitrogen and oxygen atoms in total. The number of allylic oxidation sites excluding steroid dienone is 4. The molecule has 2 amide bonds. The molecule has 6 atom stereocenters. The SMILES string of the molecule is COc1cc(O)ccc1[C@H]1C2=CC[C@@H]3C(=O)N(c4cc([N+](=O)[O-])c(N(C)C)c([N+](=O)[O-])c4)C(=O)[C@@H]3[C@@H]2C[C@H]2C(=O)C(c3ccccc3)=CC(=O)[C@@]12c1ccccc1. The molecule has 8 rings (SSSR count). The first-order chi connectivity index (χ1) is 27.3. The van der Waals surface area contributed by atoms with Crippen LogP contribution in [0.2, 0.25) is 0 Å². The van der Waals surface area contributed by atoms with E-state index in [0.717, 1.165) is 17.0 Å². The Hall–Kier alpha value is -6.96. The molecule has 1 saturated carbocycles. The zero-order valence-electron chi connectivity index (χ0n) is 31.0. The van der Waals surface area contributed by atoms with Crippen LogP contribution >= 0.6 is 0 Å². The molecule has 0 bridgehead atoms. The fourth-order valence-electron chi connectivity index (χ4n) is 9.87. The Morgan fingerprint density at radius 1 is 0.842 bits per heavy atom. The lowest BCUT2D eigenvalue weighted by Crippen LogP contribution is -2.58. The fourth-order valence-corrected chi connectivity index (χ4v) is 9.87. The monoisotopic (exact) mass is 768 g/mol. The molecule has 4 aromatic carbocycles. The lowest BCUT2D eigenvalue weighted by Gasteiger charge is -2.55. The number of nitro benzene ring substituents is 2. The topological polar surface area (TPSA) is 190 Å². The molecule has 57 heavy (non-hydrogen) atoms. The summed E-state index contributed by atoms with van der Waals surface area (Å²) < 4.78 is 5.82. The van der Waals surface area contributed by atoms with E-state index in [1.165, 1.54) is 44.3 Å². The van der Waals surface area contributed by atoms with Gasteiger partial charge in [0.15, 0.2) is 17.3 Å². The normalized spacial score (nSPS) is 25.2. The maximum absolute atomic E-state index is 15.2. The molecule has 4 aromatic rings. The molecular weight excluding hydrogens is 732 g/mol. The van der Waals surface area contributed by atoms with Gasteiger partial charge in [0.2, 0.25) is 11.8 Å². The van der Waals surface area contributed by atoms with Gasteiger partial charge >= 0.3 is 11.4 Å². The van der Waals surface area contributed by atoms with Crippen molar-refractivity contribution in [3.05, 3.63) is 146 Å². The summed E-state index contributed by atoms with van der Waals surface area (Å²) in [7, 11) is 4.25. The number of phenols is 1. The van der Waals surface area contributed by atoms with Crippen molar-refractivity contribution in [2.45, 2.75) is 24.2 Å². The number of nitro groups is 2. The Labute approximate surface area is 326 Å². The molecule has 1 saturated heterocycles. The molecule has 3 aliphatic carbocycles. The van der Waals surface area contributed by atoms with Gasteiger partial charge < -0.3 is 14.7 Å². The van der Waals surface area contributed by atoms with E-state index in [0.29, 0.717) is 22.3 Å². The number of carbonyl (C=O) groups is 4. The minimum absolute atomic E-state index is 0.0136. The molecule has 1 heterocycles. The molecule has 0 aromatic heterocycles. The van der Waals surface area contributed by atoms with Gasteiger partial charge in [0.1, 0.15) is 11.5 Å². The summed E-state index contributed by atoms with van der Waals surface area (Å²) in [4.78, 5) is 84.5. The number of aromatic hydroxyl groups is 1. The molecule has 1 N–H and O–H groups in total. The number of nitrogens with zero attached hydrogens (tertiary/aromatic N) is 4. The van der Waals surface area contributed by atoms with E-state index in [2.05, 4.69) is 0 Å². The van der Waals surface area contributed by atoms with Gasteiger partial charge in [0.25, 0.3) is 0 Å². The highest BCUT2D eigenvalue weighted by Crippen LogP contribution is 2.65. The van der Waals surface area contributed by atoms with Gasteiger partial charge in [-0.25, -0.2) is 4.90 Å². The van der Waals surface area contributed by atoms with Crippen molar-refractivity contribution in [2.75, 3.05) is 31.0 Å². The summed E-state index contributed by atoms with van der Waals surface area (Å²) >= 11 is 0. The summed E-state index contributed by atoms with van der Waals surface area (Å²) in [5.41, 5.74) is -1.05. The molecule has 2 fully saturated rings. The maximum atomic E-state index is 15.2. The second kappa shape index (κ2) is 13.7. The molecule has 14 heteroatoms. The second-order valence-electron chi connectivity index (χ2n) is 15.0.